The van der Waals surface area contributed by atoms with Gasteiger partial charge in [-0.15, -0.1) is 11.3 Å². The molecule has 1 aliphatic rings. The summed E-state index contributed by atoms with van der Waals surface area (Å²) in [5.41, 5.74) is -1.11. The van der Waals surface area contributed by atoms with Crippen LogP contribution in [0.5, 0.6) is 0 Å². The van der Waals surface area contributed by atoms with Gasteiger partial charge in [0.05, 0.1) is 0 Å². The van der Waals surface area contributed by atoms with Crippen molar-refractivity contribution in [2.75, 3.05) is 0 Å². The van der Waals surface area contributed by atoms with Crippen molar-refractivity contribution >= 4 is 25.4 Å². The summed E-state index contributed by atoms with van der Waals surface area (Å²) < 4.78 is 6.72. The first-order valence-electron chi connectivity index (χ1n) is 8.57. The normalized spacial score (nSPS) is 24.4. The van der Waals surface area contributed by atoms with Crippen LogP contribution in [0, 0.1) is 23.2 Å². The second-order valence-corrected chi connectivity index (χ2v) is 13.9. The van der Waals surface area contributed by atoms with Crippen LogP contribution in [-0.4, -0.2) is 19.1 Å². The third-order valence-corrected chi connectivity index (χ3v) is 11.0. The van der Waals surface area contributed by atoms with E-state index in [4.69, 9.17) is 4.43 Å². The lowest BCUT2D eigenvalue weighted by Gasteiger charge is -2.45. The van der Waals surface area contributed by atoms with Gasteiger partial charge in [0.25, 0.3) is 0 Å². The Labute approximate surface area is 150 Å². The summed E-state index contributed by atoms with van der Waals surface area (Å²) in [6.45, 7) is 12.5. The highest BCUT2D eigenvalue weighted by Crippen LogP contribution is 2.51. The fourth-order valence-electron chi connectivity index (χ4n) is 3.33. The monoisotopic (exact) mass is 364 g/mol. The van der Waals surface area contributed by atoms with Gasteiger partial charge in [0.1, 0.15) is 16.9 Å². The Balaban J connectivity index is 2.55. The van der Waals surface area contributed by atoms with E-state index >= 15 is 0 Å². The third kappa shape index (κ3) is 3.35. The van der Waals surface area contributed by atoms with Crippen molar-refractivity contribution < 1.29 is 9.22 Å². The maximum absolute atomic E-state index is 12.2. The Morgan fingerprint density at radius 3 is 2.54 bits per heavy atom. The molecule has 0 bridgehead atoms. The zero-order valence-electron chi connectivity index (χ0n) is 15.5. The van der Waals surface area contributed by atoms with Gasteiger partial charge in [0, 0.05) is 23.4 Å². The Bertz CT molecular complexity index is 630. The number of nitrogens with zero attached hydrogens (tertiary/aromatic N) is 2. The minimum absolute atomic E-state index is 0.0172. The van der Waals surface area contributed by atoms with Crippen LogP contribution in [-0.2, 0) is 14.8 Å². The first-order chi connectivity index (χ1) is 11.0. The lowest BCUT2D eigenvalue weighted by molar-refractivity contribution is -0.124. The molecule has 0 spiro atoms. The number of rotatable bonds is 5. The van der Waals surface area contributed by atoms with Crippen LogP contribution in [0.25, 0.3) is 0 Å². The molecule has 1 aromatic rings. The zero-order valence-corrected chi connectivity index (χ0v) is 17.4. The van der Waals surface area contributed by atoms with E-state index < -0.39 is 13.9 Å². The summed E-state index contributed by atoms with van der Waals surface area (Å²) in [6.07, 6.45) is 4.37. The molecule has 0 N–H and O–H groups in total. The van der Waals surface area contributed by atoms with E-state index in [1.54, 1.807) is 13.1 Å². The molecule has 4 nitrogen and oxygen atoms in total. The lowest BCUT2D eigenvalue weighted by atomic mass is 9.79. The molecule has 0 aliphatic heterocycles. The first kappa shape index (κ1) is 19.3. The van der Waals surface area contributed by atoms with Gasteiger partial charge in [0.15, 0.2) is 13.9 Å². The van der Waals surface area contributed by atoms with Crippen molar-refractivity contribution in [3.05, 3.63) is 16.6 Å². The molecule has 6 heteroatoms. The fraction of sp³-hybridized carbons (Fsp3) is 0.722. The molecule has 24 heavy (non-hydrogen) atoms. The molecule has 1 saturated carbocycles. The van der Waals surface area contributed by atoms with Crippen molar-refractivity contribution in [3.8, 4) is 6.07 Å². The Kier molecular flexibility index (Phi) is 5.39. The second-order valence-electron chi connectivity index (χ2n) is 8.30. The molecule has 0 radical (unpaired) electrons. The molecule has 1 aromatic heterocycles. The maximum atomic E-state index is 12.2. The summed E-state index contributed by atoms with van der Waals surface area (Å²) >= 11 is 1.46. The van der Waals surface area contributed by atoms with Crippen LogP contribution in [0.4, 0.5) is 0 Å². The molecule has 2 rings (SSSR count). The molecule has 1 unspecified atom stereocenters. The zero-order chi connectivity index (χ0) is 18.2. The van der Waals surface area contributed by atoms with Gasteiger partial charge in [-0.25, -0.2) is 4.98 Å². The molecule has 0 saturated heterocycles. The number of aromatic nitrogens is 1. The number of thiazole rings is 1. The highest BCUT2D eigenvalue weighted by atomic mass is 32.1. The van der Waals surface area contributed by atoms with Crippen LogP contribution < -0.4 is 0 Å². The lowest BCUT2D eigenvalue weighted by Crippen LogP contribution is -2.52. The molecule has 1 aliphatic carbocycles. The number of ketones is 1. The third-order valence-electron chi connectivity index (χ3n) is 5.70. The Hall–Kier alpha value is -1.03. The van der Waals surface area contributed by atoms with Crippen molar-refractivity contribution in [2.24, 2.45) is 11.8 Å². The quantitative estimate of drug-likeness (QED) is 0.698. The van der Waals surface area contributed by atoms with Crippen molar-refractivity contribution in [1.82, 2.24) is 4.98 Å². The summed E-state index contributed by atoms with van der Waals surface area (Å²) in [5.74, 6) is -0.0638. The molecule has 0 amide bonds. The number of carbonyl (C=O) groups is 1. The average Bonchev–Trinajstić information content (AvgIpc) is 3.14. The van der Waals surface area contributed by atoms with Gasteiger partial charge >= 0.3 is 0 Å². The van der Waals surface area contributed by atoms with Gasteiger partial charge in [0.2, 0.25) is 0 Å². The number of carbonyl (C=O) groups excluding carboxylic acids is 1. The van der Waals surface area contributed by atoms with Crippen LogP contribution in [0.15, 0.2) is 11.6 Å². The number of nitriles is 1. The SMILES string of the molecule is CC(=O)[C@@H]1CCC[C@H]1C(C#N)(O[Si](C)(C)C(C)(C)C)c1nccs1. The summed E-state index contributed by atoms with van der Waals surface area (Å²) in [6, 6.07) is 2.48. The fourth-order valence-corrected chi connectivity index (χ4v) is 5.59. The second kappa shape index (κ2) is 6.70. The highest BCUT2D eigenvalue weighted by molar-refractivity contribution is 7.09. The van der Waals surface area contributed by atoms with Crippen LogP contribution in [0.3, 0.4) is 0 Å². The number of Topliss-reactive ketones (excluding diaryl/α,β-unsaturated/α-hetero) is 1. The molecule has 3 atom stereocenters. The maximum Gasteiger partial charge on any atom is 0.200 e. The molecule has 132 valence electrons. The predicted octanol–water partition coefficient (Wildman–Crippen LogP) is 4.89. The minimum Gasteiger partial charge on any atom is -0.394 e. The molecular formula is C18H28N2O2SSi. The highest BCUT2D eigenvalue weighted by Gasteiger charge is 2.55. The molecular weight excluding hydrogens is 336 g/mol. The number of hydrogen-bond acceptors (Lipinski definition) is 5. The first-order valence-corrected chi connectivity index (χ1v) is 12.4. The molecule has 1 heterocycles. The Morgan fingerprint density at radius 2 is 2.08 bits per heavy atom. The van der Waals surface area contributed by atoms with E-state index in [-0.39, 0.29) is 22.7 Å². The van der Waals surface area contributed by atoms with Gasteiger partial charge in [-0.3, -0.25) is 4.79 Å². The summed E-state index contributed by atoms with van der Waals surface area (Å²) in [7, 11) is -2.22. The van der Waals surface area contributed by atoms with Gasteiger partial charge in [-0.1, -0.05) is 27.2 Å². The Morgan fingerprint density at radius 1 is 1.42 bits per heavy atom. The van der Waals surface area contributed by atoms with Gasteiger partial charge in [-0.2, -0.15) is 5.26 Å². The van der Waals surface area contributed by atoms with Gasteiger partial charge in [-0.05, 0) is 37.9 Å². The van der Waals surface area contributed by atoms with Gasteiger partial charge < -0.3 is 4.43 Å². The summed E-state index contributed by atoms with van der Waals surface area (Å²) in [5, 5.41) is 12.8. The van der Waals surface area contributed by atoms with E-state index in [0.29, 0.717) is 5.01 Å². The van der Waals surface area contributed by atoms with Crippen molar-refractivity contribution in [3.63, 3.8) is 0 Å². The standard InChI is InChI=1S/C18H28N2O2SSi/c1-13(21)14-8-7-9-15(14)18(12-19,16-20-10-11-23-16)22-24(5,6)17(2,3)4/h10-11,14-15H,7-9H2,1-6H3/t14-,15+,18?/m0/s1. The smallest absolute Gasteiger partial charge is 0.200 e. The van der Waals surface area contributed by atoms with Crippen molar-refractivity contribution in [1.29, 1.82) is 5.26 Å². The van der Waals surface area contributed by atoms with Crippen molar-refractivity contribution in [2.45, 2.75) is 70.7 Å². The molecule has 0 aromatic carbocycles. The van der Waals surface area contributed by atoms with E-state index in [1.165, 1.54) is 11.3 Å². The van der Waals surface area contributed by atoms with Crippen LogP contribution >= 0.6 is 11.3 Å². The van der Waals surface area contributed by atoms with E-state index in [9.17, 15) is 10.1 Å². The number of hydrogen-bond donors (Lipinski definition) is 0. The minimum atomic E-state index is -2.22. The van der Waals surface area contributed by atoms with Crippen LogP contribution in [0.2, 0.25) is 18.1 Å². The van der Waals surface area contributed by atoms with Crippen LogP contribution in [0.1, 0.15) is 52.0 Å². The average molecular weight is 365 g/mol. The molecule has 1 fully saturated rings. The predicted molar refractivity (Wildman–Crippen MR) is 99.2 cm³/mol. The summed E-state index contributed by atoms with van der Waals surface area (Å²) in [4.78, 5) is 16.6. The topological polar surface area (TPSA) is 63.0 Å². The van der Waals surface area contributed by atoms with E-state index in [0.717, 1.165) is 19.3 Å². The largest absolute Gasteiger partial charge is 0.394 e. The van der Waals surface area contributed by atoms with E-state index in [2.05, 4.69) is 44.9 Å². The van der Waals surface area contributed by atoms with E-state index in [1.807, 2.05) is 5.38 Å².